The lowest BCUT2D eigenvalue weighted by molar-refractivity contribution is 0.0993. The number of carbonyl (C=O) groups is 1. The summed E-state index contributed by atoms with van der Waals surface area (Å²) >= 11 is 0. The van der Waals surface area contributed by atoms with Crippen LogP contribution in [0.3, 0.4) is 0 Å². The molecule has 1 N–H and O–H groups in total. The zero-order valence-electron chi connectivity index (χ0n) is 11.7. The summed E-state index contributed by atoms with van der Waals surface area (Å²) < 4.78 is 26.3. The minimum Gasteiger partial charge on any atom is -0.370 e. The smallest absolute Gasteiger partial charge is 0.261 e. The number of benzene rings is 1. The van der Waals surface area contributed by atoms with E-state index in [2.05, 4.69) is 10.3 Å². The van der Waals surface area contributed by atoms with Gasteiger partial charge in [0, 0.05) is 19.3 Å². The van der Waals surface area contributed by atoms with Crippen molar-refractivity contribution in [3.63, 3.8) is 0 Å². The molecule has 0 unspecified atom stereocenters. The lowest BCUT2D eigenvalue weighted by atomic mass is 10.2. The fourth-order valence-corrected chi connectivity index (χ4v) is 1.87. The summed E-state index contributed by atoms with van der Waals surface area (Å²) in [5.74, 6) is -1.09. The summed E-state index contributed by atoms with van der Waals surface area (Å²) in [6.07, 6.45) is 1.05. The van der Waals surface area contributed by atoms with Crippen molar-refractivity contribution in [3.8, 4) is 0 Å². The van der Waals surface area contributed by atoms with E-state index in [1.807, 2.05) is 6.92 Å². The molecule has 4 nitrogen and oxygen atoms in total. The standard InChI is InChI=1S/C15H15F2N3O/c1-3-18-14-13(8-11(17)9-19-14)15(21)20(2)12-6-4-10(16)5-7-12/h4-9H,3H2,1-2H3,(H,18,19). The van der Waals surface area contributed by atoms with Crippen molar-refractivity contribution >= 4 is 17.4 Å². The molecule has 0 spiro atoms. The summed E-state index contributed by atoms with van der Waals surface area (Å²) in [7, 11) is 1.54. The molecular formula is C15H15F2N3O. The number of amides is 1. The quantitative estimate of drug-likeness (QED) is 0.941. The molecule has 1 aromatic carbocycles. The maximum atomic E-state index is 13.4. The van der Waals surface area contributed by atoms with Gasteiger partial charge in [-0.25, -0.2) is 13.8 Å². The van der Waals surface area contributed by atoms with Crippen molar-refractivity contribution in [2.24, 2.45) is 0 Å². The summed E-state index contributed by atoms with van der Waals surface area (Å²) in [6, 6.07) is 6.61. The molecule has 0 bridgehead atoms. The van der Waals surface area contributed by atoms with Crippen LogP contribution in [0.1, 0.15) is 17.3 Å². The van der Waals surface area contributed by atoms with Crippen molar-refractivity contribution in [1.29, 1.82) is 0 Å². The molecule has 0 aliphatic carbocycles. The van der Waals surface area contributed by atoms with E-state index in [0.717, 1.165) is 12.3 Å². The Bertz CT molecular complexity index is 644. The number of aromatic nitrogens is 1. The molecule has 2 aromatic rings. The van der Waals surface area contributed by atoms with Crippen molar-refractivity contribution in [3.05, 3.63) is 53.7 Å². The van der Waals surface area contributed by atoms with Gasteiger partial charge in [0.15, 0.2) is 0 Å². The van der Waals surface area contributed by atoms with E-state index in [4.69, 9.17) is 0 Å². The number of hydrogen-bond acceptors (Lipinski definition) is 3. The first-order chi connectivity index (χ1) is 10.0. The van der Waals surface area contributed by atoms with Crippen LogP contribution in [0, 0.1) is 11.6 Å². The van der Waals surface area contributed by atoms with Crippen LogP contribution in [0.2, 0.25) is 0 Å². The third kappa shape index (κ3) is 3.34. The first-order valence-electron chi connectivity index (χ1n) is 6.46. The Labute approximate surface area is 121 Å². The molecule has 0 atom stereocenters. The van der Waals surface area contributed by atoms with Gasteiger partial charge in [-0.15, -0.1) is 0 Å². The fraction of sp³-hybridized carbons (Fsp3) is 0.200. The third-order valence-electron chi connectivity index (χ3n) is 2.95. The number of halogens is 2. The number of nitrogens with zero attached hydrogens (tertiary/aromatic N) is 2. The van der Waals surface area contributed by atoms with Crippen LogP contribution in [0.4, 0.5) is 20.3 Å². The number of rotatable bonds is 4. The molecule has 1 aromatic heterocycles. The topological polar surface area (TPSA) is 45.2 Å². The van der Waals surface area contributed by atoms with Gasteiger partial charge in [-0.2, -0.15) is 0 Å². The third-order valence-corrected chi connectivity index (χ3v) is 2.95. The maximum absolute atomic E-state index is 13.4. The number of hydrogen-bond donors (Lipinski definition) is 1. The van der Waals surface area contributed by atoms with Crippen LogP contribution in [-0.4, -0.2) is 24.5 Å². The normalized spacial score (nSPS) is 10.3. The van der Waals surface area contributed by atoms with Gasteiger partial charge in [-0.05, 0) is 37.3 Å². The number of pyridine rings is 1. The predicted molar refractivity (Wildman–Crippen MR) is 77.5 cm³/mol. The second-order valence-electron chi connectivity index (χ2n) is 4.42. The molecule has 21 heavy (non-hydrogen) atoms. The lowest BCUT2D eigenvalue weighted by Gasteiger charge is -2.19. The van der Waals surface area contributed by atoms with Crippen LogP contribution in [0.5, 0.6) is 0 Å². The SMILES string of the molecule is CCNc1ncc(F)cc1C(=O)N(C)c1ccc(F)cc1. The van der Waals surface area contributed by atoms with E-state index >= 15 is 0 Å². The molecule has 0 saturated carbocycles. The minimum absolute atomic E-state index is 0.128. The second-order valence-corrected chi connectivity index (χ2v) is 4.42. The fourth-order valence-electron chi connectivity index (χ4n) is 1.87. The van der Waals surface area contributed by atoms with Gasteiger partial charge in [0.2, 0.25) is 0 Å². The highest BCUT2D eigenvalue weighted by molar-refractivity contribution is 6.08. The molecule has 0 aliphatic rings. The van der Waals surface area contributed by atoms with Crippen molar-refractivity contribution in [2.45, 2.75) is 6.92 Å². The average molecular weight is 291 g/mol. The summed E-state index contributed by atoms with van der Waals surface area (Å²) in [6.45, 7) is 2.40. The Morgan fingerprint density at radius 3 is 2.52 bits per heavy atom. The van der Waals surface area contributed by atoms with Crippen LogP contribution < -0.4 is 10.2 Å². The molecule has 6 heteroatoms. The number of nitrogens with one attached hydrogen (secondary N) is 1. The Kier molecular flexibility index (Phi) is 4.47. The highest BCUT2D eigenvalue weighted by atomic mass is 19.1. The molecule has 1 heterocycles. The van der Waals surface area contributed by atoms with E-state index in [0.29, 0.717) is 18.1 Å². The first kappa shape index (κ1) is 14.9. The molecule has 0 fully saturated rings. The van der Waals surface area contributed by atoms with E-state index in [-0.39, 0.29) is 11.4 Å². The van der Waals surface area contributed by atoms with Gasteiger partial charge in [0.1, 0.15) is 17.5 Å². The van der Waals surface area contributed by atoms with E-state index in [1.54, 1.807) is 0 Å². The maximum Gasteiger partial charge on any atom is 0.261 e. The van der Waals surface area contributed by atoms with Crippen LogP contribution in [0.15, 0.2) is 36.5 Å². The van der Waals surface area contributed by atoms with Gasteiger partial charge >= 0.3 is 0 Å². The van der Waals surface area contributed by atoms with E-state index in [1.165, 1.54) is 36.2 Å². The van der Waals surface area contributed by atoms with Crippen LogP contribution in [0.25, 0.3) is 0 Å². The Balaban J connectivity index is 2.34. The highest BCUT2D eigenvalue weighted by Gasteiger charge is 2.19. The minimum atomic E-state index is -0.590. The van der Waals surface area contributed by atoms with Gasteiger partial charge in [0.25, 0.3) is 5.91 Å². The Hall–Kier alpha value is -2.50. The van der Waals surface area contributed by atoms with Gasteiger partial charge < -0.3 is 10.2 Å². The largest absolute Gasteiger partial charge is 0.370 e. The van der Waals surface area contributed by atoms with Crippen molar-refractivity contribution in [1.82, 2.24) is 4.98 Å². The molecule has 0 aliphatic heterocycles. The summed E-state index contributed by atoms with van der Waals surface area (Å²) in [4.78, 5) is 17.7. The van der Waals surface area contributed by atoms with Crippen LogP contribution in [-0.2, 0) is 0 Å². The molecular weight excluding hydrogens is 276 g/mol. The Morgan fingerprint density at radius 2 is 1.90 bits per heavy atom. The van der Waals surface area contributed by atoms with E-state index < -0.39 is 11.7 Å². The molecule has 2 rings (SSSR count). The molecule has 110 valence electrons. The second kappa shape index (κ2) is 6.30. The zero-order chi connectivity index (χ0) is 15.4. The van der Waals surface area contributed by atoms with Gasteiger partial charge in [-0.1, -0.05) is 0 Å². The zero-order valence-corrected chi connectivity index (χ0v) is 11.7. The van der Waals surface area contributed by atoms with E-state index in [9.17, 15) is 13.6 Å². The number of anilines is 2. The van der Waals surface area contributed by atoms with Crippen LogP contribution >= 0.6 is 0 Å². The summed E-state index contributed by atoms with van der Waals surface area (Å²) in [5.41, 5.74) is 0.636. The van der Waals surface area contributed by atoms with Crippen molar-refractivity contribution < 1.29 is 13.6 Å². The number of carbonyl (C=O) groups excluding carboxylic acids is 1. The highest BCUT2D eigenvalue weighted by Crippen LogP contribution is 2.20. The lowest BCUT2D eigenvalue weighted by Crippen LogP contribution is -2.27. The van der Waals surface area contributed by atoms with Gasteiger partial charge in [-0.3, -0.25) is 4.79 Å². The average Bonchev–Trinajstić information content (AvgIpc) is 2.48. The van der Waals surface area contributed by atoms with Gasteiger partial charge in [0.05, 0.1) is 11.8 Å². The monoisotopic (exact) mass is 291 g/mol. The Morgan fingerprint density at radius 1 is 1.24 bits per heavy atom. The molecule has 0 saturated heterocycles. The molecule has 0 radical (unpaired) electrons. The first-order valence-corrected chi connectivity index (χ1v) is 6.46. The molecule has 1 amide bonds. The predicted octanol–water partition coefficient (Wildman–Crippen LogP) is 3.07. The summed E-state index contributed by atoms with van der Waals surface area (Å²) in [5, 5.41) is 2.91. The van der Waals surface area contributed by atoms with Crippen molar-refractivity contribution in [2.75, 3.05) is 23.8 Å².